The molecule has 0 aliphatic carbocycles. The molecule has 5 nitrogen and oxygen atoms in total. The number of rotatable bonds is 6. The van der Waals surface area contributed by atoms with Crippen molar-refractivity contribution in [3.63, 3.8) is 0 Å². The number of anilines is 1. The SMILES string of the molecule is O=C(O)Oc1cccc2c1CCN2Cc1cc(Cl)ccc1OCc1ccc(Cl)cc1F. The van der Waals surface area contributed by atoms with E-state index in [4.69, 9.17) is 37.8 Å². The Morgan fingerprint density at radius 1 is 1.03 bits per heavy atom. The summed E-state index contributed by atoms with van der Waals surface area (Å²) in [6.45, 7) is 1.22. The van der Waals surface area contributed by atoms with Crippen LogP contribution in [0.5, 0.6) is 11.5 Å². The molecule has 0 amide bonds. The Balaban J connectivity index is 1.55. The lowest BCUT2D eigenvalue weighted by Gasteiger charge is -2.22. The highest BCUT2D eigenvalue weighted by atomic mass is 35.5. The maximum Gasteiger partial charge on any atom is 0.511 e. The molecule has 31 heavy (non-hydrogen) atoms. The Bertz CT molecular complexity index is 1140. The summed E-state index contributed by atoms with van der Waals surface area (Å²) in [6, 6.07) is 15.1. The largest absolute Gasteiger partial charge is 0.511 e. The fraction of sp³-hybridized carbons (Fsp3) is 0.174. The van der Waals surface area contributed by atoms with Gasteiger partial charge in [-0.2, -0.15) is 0 Å². The monoisotopic (exact) mass is 461 g/mol. The smallest absolute Gasteiger partial charge is 0.488 e. The van der Waals surface area contributed by atoms with Crippen LogP contribution >= 0.6 is 23.2 Å². The number of halogens is 3. The van der Waals surface area contributed by atoms with E-state index in [0.29, 0.717) is 46.6 Å². The highest BCUT2D eigenvalue weighted by Gasteiger charge is 2.24. The number of ether oxygens (including phenoxy) is 2. The van der Waals surface area contributed by atoms with Gasteiger partial charge in [0.05, 0.1) is 0 Å². The van der Waals surface area contributed by atoms with Gasteiger partial charge in [0.25, 0.3) is 0 Å². The van der Waals surface area contributed by atoms with E-state index in [1.54, 1.807) is 36.4 Å². The Labute approximate surface area is 188 Å². The average molecular weight is 462 g/mol. The van der Waals surface area contributed by atoms with Crippen molar-refractivity contribution in [2.24, 2.45) is 0 Å². The lowest BCUT2D eigenvalue weighted by atomic mass is 10.1. The fourth-order valence-corrected chi connectivity index (χ4v) is 3.99. The molecule has 8 heteroatoms. The van der Waals surface area contributed by atoms with Crippen LogP contribution in [0.15, 0.2) is 54.6 Å². The lowest BCUT2D eigenvalue weighted by molar-refractivity contribution is 0.144. The highest BCUT2D eigenvalue weighted by molar-refractivity contribution is 6.30. The first-order chi connectivity index (χ1) is 14.9. The van der Waals surface area contributed by atoms with Crippen LogP contribution < -0.4 is 14.4 Å². The van der Waals surface area contributed by atoms with Gasteiger partial charge in [0, 0.05) is 45.5 Å². The molecule has 1 aliphatic heterocycles. The predicted octanol–water partition coefficient (Wildman–Crippen LogP) is 6.33. The normalized spacial score (nSPS) is 12.5. The summed E-state index contributed by atoms with van der Waals surface area (Å²) in [5.74, 6) is 0.501. The third kappa shape index (κ3) is 4.86. The van der Waals surface area contributed by atoms with E-state index in [1.807, 2.05) is 12.1 Å². The zero-order chi connectivity index (χ0) is 22.0. The van der Waals surface area contributed by atoms with Crippen molar-refractivity contribution in [3.05, 3.63) is 87.2 Å². The van der Waals surface area contributed by atoms with Crippen molar-refractivity contribution >= 4 is 35.0 Å². The number of nitrogens with zero attached hydrogens (tertiary/aromatic N) is 1. The van der Waals surface area contributed by atoms with Crippen LogP contribution in [0.2, 0.25) is 10.0 Å². The van der Waals surface area contributed by atoms with Gasteiger partial charge < -0.3 is 19.5 Å². The summed E-state index contributed by atoms with van der Waals surface area (Å²) < 4.78 is 24.9. The number of carboxylic acid groups (broad SMARTS) is 1. The Morgan fingerprint density at radius 3 is 2.58 bits per heavy atom. The molecule has 3 aromatic carbocycles. The fourth-order valence-electron chi connectivity index (χ4n) is 3.63. The molecule has 0 saturated carbocycles. The van der Waals surface area contributed by atoms with Crippen molar-refractivity contribution in [1.82, 2.24) is 0 Å². The molecule has 0 bridgehead atoms. The molecule has 0 saturated heterocycles. The van der Waals surface area contributed by atoms with Gasteiger partial charge in [-0.15, -0.1) is 0 Å². The van der Waals surface area contributed by atoms with Crippen LogP contribution in [0.25, 0.3) is 0 Å². The van der Waals surface area contributed by atoms with Crippen LogP contribution in [0.4, 0.5) is 14.9 Å². The van der Waals surface area contributed by atoms with Gasteiger partial charge >= 0.3 is 6.16 Å². The van der Waals surface area contributed by atoms with Crippen LogP contribution in [-0.2, 0) is 19.6 Å². The molecule has 0 fully saturated rings. The van der Waals surface area contributed by atoms with E-state index >= 15 is 0 Å². The lowest BCUT2D eigenvalue weighted by Crippen LogP contribution is -2.20. The number of fused-ring (bicyclic) bond motifs is 1. The molecule has 0 aromatic heterocycles. The Kier molecular flexibility index (Phi) is 6.20. The second-order valence-electron chi connectivity index (χ2n) is 7.07. The van der Waals surface area contributed by atoms with Crippen molar-refractivity contribution < 1.29 is 23.8 Å². The molecule has 3 aromatic rings. The second kappa shape index (κ2) is 9.04. The van der Waals surface area contributed by atoms with Gasteiger partial charge in [0.15, 0.2) is 0 Å². The summed E-state index contributed by atoms with van der Waals surface area (Å²) >= 11 is 12.0. The van der Waals surface area contributed by atoms with E-state index in [9.17, 15) is 9.18 Å². The third-order valence-corrected chi connectivity index (χ3v) is 5.53. The Morgan fingerprint density at radius 2 is 1.81 bits per heavy atom. The van der Waals surface area contributed by atoms with Crippen LogP contribution in [0.1, 0.15) is 16.7 Å². The van der Waals surface area contributed by atoms with Gasteiger partial charge in [0.1, 0.15) is 23.9 Å². The molecule has 4 rings (SSSR count). The molecular formula is C23H18Cl2FNO4. The van der Waals surface area contributed by atoms with Gasteiger partial charge in [-0.05, 0) is 48.9 Å². The number of hydrogen-bond donors (Lipinski definition) is 1. The molecule has 160 valence electrons. The van der Waals surface area contributed by atoms with E-state index in [0.717, 1.165) is 16.8 Å². The summed E-state index contributed by atoms with van der Waals surface area (Å²) in [6.07, 6.45) is -0.683. The molecule has 0 unspecified atom stereocenters. The first-order valence-corrected chi connectivity index (χ1v) is 10.3. The van der Waals surface area contributed by atoms with Crippen LogP contribution in [-0.4, -0.2) is 17.8 Å². The van der Waals surface area contributed by atoms with Crippen molar-refractivity contribution in [3.8, 4) is 11.5 Å². The minimum absolute atomic E-state index is 0.0464. The molecule has 1 heterocycles. The van der Waals surface area contributed by atoms with Gasteiger partial charge in [-0.1, -0.05) is 35.3 Å². The first-order valence-electron chi connectivity index (χ1n) is 9.53. The zero-order valence-electron chi connectivity index (χ0n) is 16.3. The molecule has 0 atom stereocenters. The second-order valence-corrected chi connectivity index (χ2v) is 7.94. The summed E-state index contributed by atoms with van der Waals surface area (Å²) in [5, 5.41) is 9.84. The third-order valence-electron chi connectivity index (χ3n) is 5.06. The average Bonchev–Trinajstić information content (AvgIpc) is 3.12. The van der Waals surface area contributed by atoms with E-state index in [-0.39, 0.29) is 6.61 Å². The van der Waals surface area contributed by atoms with E-state index in [2.05, 4.69) is 4.90 Å². The first kappa shape index (κ1) is 21.3. The molecule has 0 spiro atoms. The van der Waals surface area contributed by atoms with E-state index < -0.39 is 12.0 Å². The van der Waals surface area contributed by atoms with Crippen molar-refractivity contribution in [2.45, 2.75) is 19.6 Å². The van der Waals surface area contributed by atoms with Crippen molar-refractivity contribution in [1.29, 1.82) is 0 Å². The summed E-state index contributed by atoms with van der Waals surface area (Å²) in [5.41, 5.74) is 2.97. The molecule has 1 N–H and O–H groups in total. The topological polar surface area (TPSA) is 59.0 Å². The van der Waals surface area contributed by atoms with Gasteiger partial charge in [0.2, 0.25) is 0 Å². The minimum atomic E-state index is -1.34. The molecule has 0 radical (unpaired) electrons. The van der Waals surface area contributed by atoms with Crippen LogP contribution in [0.3, 0.4) is 0 Å². The number of carbonyl (C=O) groups is 1. The maximum atomic E-state index is 14.1. The van der Waals surface area contributed by atoms with E-state index in [1.165, 1.54) is 6.07 Å². The van der Waals surface area contributed by atoms with Gasteiger partial charge in [-0.25, -0.2) is 9.18 Å². The van der Waals surface area contributed by atoms with Gasteiger partial charge in [-0.3, -0.25) is 0 Å². The quantitative estimate of drug-likeness (QED) is 0.343. The summed E-state index contributed by atoms with van der Waals surface area (Å²) in [7, 11) is 0. The van der Waals surface area contributed by atoms with Crippen molar-refractivity contribution in [2.75, 3.05) is 11.4 Å². The Hall–Kier alpha value is -2.96. The zero-order valence-corrected chi connectivity index (χ0v) is 17.8. The highest BCUT2D eigenvalue weighted by Crippen LogP contribution is 2.37. The molecular weight excluding hydrogens is 444 g/mol. The summed E-state index contributed by atoms with van der Waals surface area (Å²) in [4.78, 5) is 13.1. The number of benzene rings is 3. The molecule has 1 aliphatic rings. The predicted molar refractivity (Wildman–Crippen MR) is 117 cm³/mol. The maximum absolute atomic E-state index is 14.1. The minimum Gasteiger partial charge on any atom is -0.488 e. The number of hydrogen-bond acceptors (Lipinski definition) is 4. The van der Waals surface area contributed by atoms with Crippen LogP contribution in [0, 0.1) is 5.82 Å². The standard InChI is InChI=1S/C23H18Cl2FNO4/c24-16-6-7-21(30-13-14-4-5-17(25)11-19(14)26)15(10-16)12-27-9-8-18-20(27)2-1-3-22(18)31-23(28)29/h1-7,10-11H,8-9,12-13H2,(H,28,29).